The minimum absolute atomic E-state index is 0.361. The van der Waals surface area contributed by atoms with E-state index in [2.05, 4.69) is 20.8 Å². The molecule has 2 heteroatoms. The van der Waals surface area contributed by atoms with Gasteiger partial charge in [0.05, 0.1) is 0 Å². The highest BCUT2D eigenvalue weighted by Gasteiger charge is 2.12. The van der Waals surface area contributed by atoms with Crippen molar-refractivity contribution in [2.24, 2.45) is 11.8 Å². The Morgan fingerprint density at radius 2 is 0.667 bits per heavy atom. The van der Waals surface area contributed by atoms with E-state index in [0.29, 0.717) is 12.3 Å². The van der Waals surface area contributed by atoms with Gasteiger partial charge in [-0.05, 0) is 18.3 Å². The average Bonchev–Trinajstić information content (AvgIpc) is 2.87. The maximum Gasteiger partial charge on any atom is 0.303 e. The Kier molecular flexibility index (Phi) is 28.6. The summed E-state index contributed by atoms with van der Waals surface area (Å²) in [6, 6.07) is 0. The fourth-order valence-corrected chi connectivity index (χ4v) is 5.88. The molecular formula is C34H68O2. The van der Waals surface area contributed by atoms with Crippen molar-refractivity contribution < 1.29 is 9.90 Å². The Hall–Kier alpha value is -0.530. The highest BCUT2D eigenvalue weighted by molar-refractivity contribution is 5.66. The van der Waals surface area contributed by atoms with E-state index in [4.69, 9.17) is 5.11 Å². The van der Waals surface area contributed by atoms with Crippen molar-refractivity contribution in [2.75, 3.05) is 0 Å². The lowest BCUT2D eigenvalue weighted by molar-refractivity contribution is -0.137. The number of carboxylic acid groups (broad SMARTS) is 1. The first-order valence-corrected chi connectivity index (χ1v) is 16.9. The lowest BCUT2D eigenvalue weighted by Gasteiger charge is -2.18. The summed E-state index contributed by atoms with van der Waals surface area (Å²) in [5.74, 6) is 0.985. The van der Waals surface area contributed by atoms with Gasteiger partial charge in [0.15, 0.2) is 0 Å². The van der Waals surface area contributed by atoms with E-state index < -0.39 is 5.97 Å². The van der Waals surface area contributed by atoms with Crippen LogP contribution >= 0.6 is 0 Å². The number of carbonyl (C=O) groups is 1. The van der Waals surface area contributed by atoms with Crippen LogP contribution < -0.4 is 0 Å². The molecule has 0 fully saturated rings. The fourth-order valence-electron chi connectivity index (χ4n) is 5.88. The predicted octanol–water partition coefficient (Wildman–Crippen LogP) is 12.3. The van der Waals surface area contributed by atoms with Gasteiger partial charge < -0.3 is 5.11 Å². The molecule has 216 valence electrons. The van der Waals surface area contributed by atoms with E-state index in [9.17, 15) is 4.79 Å². The molecule has 2 nitrogen and oxygen atoms in total. The van der Waals surface area contributed by atoms with E-state index in [0.717, 1.165) is 12.3 Å². The maximum atomic E-state index is 11.1. The van der Waals surface area contributed by atoms with Gasteiger partial charge in [-0.15, -0.1) is 0 Å². The van der Waals surface area contributed by atoms with Gasteiger partial charge in [-0.25, -0.2) is 0 Å². The first kappa shape index (κ1) is 35.5. The molecule has 2 atom stereocenters. The molecule has 0 aromatic heterocycles. The minimum atomic E-state index is -0.615. The largest absolute Gasteiger partial charge is 0.481 e. The van der Waals surface area contributed by atoms with Crippen LogP contribution in [0.25, 0.3) is 0 Å². The molecule has 0 aromatic carbocycles. The molecule has 0 amide bonds. The molecule has 0 aliphatic heterocycles. The number of carboxylic acids is 1. The second-order valence-corrected chi connectivity index (χ2v) is 12.0. The summed E-state index contributed by atoms with van der Waals surface area (Å²) in [5, 5.41) is 9.16. The van der Waals surface area contributed by atoms with Gasteiger partial charge in [-0.2, -0.15) is 0 Å². The molecule has 0 aromatic rings. The average molecular weight is 509 g/mol. The third-order valence-electron chi connectivity index (χ3n) is 8.39. The van der Waals surface area contributed by atoms with Gasteiger partial charge in [0.2, 0.25) is 0 Å². The second kappa shape index (κ2) is 29.0. The summed E-state index contributed by atoms with van der Waals surface area (Å²) in [7, 11) is 0. The molecule has 0 spiro atoms. The van der Waals surface area contributed by atoms with Gasteiger partial charge >= 0.3 is 5.97 Å². The van der Waals surface area contributed by atoms with Crippen molar-refractivity contribution >= 4 is 5.97 Å². The molecule has 0 rings (SSSR count). The molecule has 36 heavy (non-hydrogen) atoms. The zero-order chi connectivity index (χ0) is 26.5. The Morgan fingerprint density at radius 3 is 1.00 bits per heavy atom. The summed E-state index contributed by atoms with van der Waals surface area (Å²) in [5.41, 5.74) is 0. The second-order valence-electron chi connectivity index (χ2n) is 12.0. The standard InChI is InChI=1S/C34H68O2/c1-4-7-10-12-14-15-17-22-28-33(30-31-34(35)36)29-24-19-18-23-27-32(25-20-9-6-3)26-21-16-13-11-8-5-2/h32-33H,4-31H2,1-3H3,(H,35,36). The van der Waals surface area contributed by atoms with Crippen molar-refractivity contribution in [3.63, 3.8) is 0 Å². The topological polar surface area (TPSA) is 37.3 Å². The van der Waals surface area contributed by atoms with Crippen LogP contribution in [-0.4, -0.2) is 11.1 Å². The smallest absolute Gasteiger partial charge is 0.303 e. The molecule has 2 unspecified atom stereocenters. The van der Waals surface area contributed by atoms with Crippen LogP contribution in [0.3, 0.4) is 0 Å². The predicted molar refractivity (Wildman–Crippen MR) is 161 cm³/mol. The highest BCUT2D eigenvalue weighted by atomic mass is 16.4. The molecular weight excluding hydrogens is 440 g/mol. The fraction of sp³-hybridized carbons (Fsp3) is 0.971. The Morgan fingerprint density at radius 1 is 0.417 bits per heavy atom. The SMILES string of the molecule is CCCCCCCCCCC(CCCCCCC(CCCCC)CCCCCCCC)CCC(=O)O. The molecule has 0 saturated heterocycles. The van der Waals surface area contributed by atoms with Crippen LogP contribution in [0.5, 0.6) is 0 Å². The monoisotopic (exact) mass is 509 g/mol. The number of unbranched alkanes of at least 4 members (excludes halogenated alkanes) is 17. The number of hydrogen-bond acceptors (Lipinski definition) is 1. The Bertz CT molecular complexity index is 433. The van der Waals surface area contributed by atoms with Gasteiger partial charge in [0, 0.05) is 6.42 Å². The lowest BCUT2D eigenvalue weighted by Crippen LogP contribution is -2.05. The number of rotatable bonds is 30. The summed E-state index contributed by atoms with van der Waals surface area (Å²) < 4.78 is 0. The van der Waals surface area contributed by atoms with Crippen molar-refractivity contribution in [2.45, 2.75) is 201 Å². The molecule has 0 bridgehead atoms. The summed E-state index contributed by atoms with van der Waals surface area (Å²) >= 11 is 0. The van der Waals surface area contributed by atoms with Crippen LogP contribution in [-0.2, 0) is 4.79 Å². The highest BCUT2D eigenvalue weighted by Crippen LogP contribution is 2.26. The quantitative estimate of drug-likeness (QED) is 0.0979. The summed E-state index contributed by atoms with van der Waals surface area (Å²) in [6.45, 7) is 6.90. The Balaban J connectivity index is 4.05. The number of aliphatic carboxylic acids is 1. The molecule has 0 aliphatic carbocycles. The van der Waals surface area contributed by atoms with E-state index >= 15 is 0 Å². The molecule has 0 heterocycles. The van der Waals surface area contributed by atoms with Crippen molar-refractivity contribution in [1.82, 2.24) is 0 Å². The van der Waals surface area contributed by atoms with Crippen LogP contribution in [0.2, 0.25) is 0 Å². The molecule has 1 N–H and O–H groups in total. The van der Waals surface area contributed by atoms with E-state index in [1.54, 1.807) is 0 Å². The van der Waals surface area contributed by atoms with E-state index in [1.807, 2.05) is 0 Å². The molecule has 0 radical (unpaired) electrons. The van der Waals surface area contributed by atoms with Gasteiger partial charge in [0.1, 0.15) is 0 Å². The normalized spacial score (nSPS) is 13.2. The number of hydrogen-bond donors (Lipinski definition) is 1. The van der Waals surface area contributed by atoms with Crippen LogP contribution in [0, 0.1) is 11.8 Å². The lowest BCUT2D eigenvalue weighted by atomic mass is 9.88. The maximum absolute atomic E-state index is 11.1. The summed E-state index contributed by atoms with van der Waals surface area (Å²) in [4.78, 5) is 11.1. The van der Waals surface area contributed by atoms with Crippen LogP contribution in [0.15, 0.2) is 0 Å². The first-order valence-electron chi connectivity index (χ1n) is 16.9. The van der Waals surface area contributed by atoms with Crippen molar-refractivity contribution in [3.8, 4) is 0 Å². The van der Waals surface area contributed by atoms with Gasteiger partial charge in [0.25, 0.3) is 0 Å². The van der Waals surface area contributed by atoms with Gasteiger partial charge in [-0.3, -0.25) is 4.79 Å². The van der Waals surface area contributed by atoms with E-state index in [1.165, 1.54) is 167 Å². The third kappa shape index (κ3) is 26.5. The minimum Gasteiger partial charge on any atom is -0.481 e. The van der Waals surface area contributed by atoms with Gasteiger partial charge in [-0.1, -0.05) is 188 Å². The Labute approximate surface area is 228 Å². The van der Waals surface area contributed by atoms with Crippen LogP contribution in [0.4, 0.5) is 0 Å². The molecule has 0 saturated carbocycles. The first-order chi connectivity index (χ1) is 17.6. The zero-order valence-electron chi connectivity index (χ0n) is 25.3. The third-order valence-corrected chi connectivity index (χ3v) is 8.39. The van der Waals surface area contributed by atoms with E-state index in [-0.39, 0.29) is 0 Å². The van der Waals surface area contributed by atoms with Crippen molar-refractivity contribution in [3.05, 3.63) is 0 Å². The van der Waals surface area contributed by atoms with Crippen LogP contribution in [0.1, 0.15) is 201 Å². The molecule has 0 aliphatic rings. The van der Waals surface area contributed by atoms with Crippen molar-refractivity contribution in [1.29, 1.82) is 0 Å². The zero-order valence-corrected chi connectivity index (χ0v) is 25.3. The summed E-state index contributed by atoms with van der Waals surface area (Å²) in [6.07, 6.45) is 37.2.